The first kappa shape index (κ1) is 13.5. The van der Waals surface area contributed by atoms with E-state index in [1.54, 1.807) is 36.6 Å². The zero-order valence-corrected chi connectivity index (χ0v) is 10.7. The van der Waals surface area contributed by atoms with Crippen LogP contribution in [0.3, 0.4) is 0 Å². The number of nitrogens with one attached hydrogen (secondary N) is 1. The first-order valence-electron chi connectivity index (χ1n) is 5.84. The van der Waals surface area contributed by atoms with Crippen LogP contribution in [0.4, 0.5) is 11.4 Å². The van der Waals surface area contributed by atoms with E-state index in [2.05, 4.69) is 5.32 Å². The van der Waals surface area contributed by atoms with Gasteiger partial charge in [0.25, 0.3) is 5.69 Å². The molecular weight excluding hydrogens is 260 g/mol. The zero-order valence-electron chi connectivity index (χ0n) is 10.7. The molecule has 1 N–H and O–H groups in total. The van der Waals surface area contributed by atoms with Crippen LogP contribution < -0.4 is 5.32 Å². The van der Waals surface area contributed by atoms with Gasteiger partial charge in [0.2, 0.25) is 5.91 Å². The van der Waals surface area contributed by atoms with E-state index >= 15 is 0 Å². The Bertz CT molecular complexity index is 660. The highest BCUT2D eigenvalue weighted by atomic mass is 16.6. The van der Waals surface area contributed by atoms with Gasteiger partial charge in [0, 0.05) is 13.0 Å². The van der Waals surface area contributed by atoms with E-state index in [4.69, 9.17) is 4.42 Å². The summed E-state index contributed by atoms with van der Waals surface area (Å²) in [6, 6.07) is 8.10. The maximum absolute atomic E-state index is 11.0. The van der Waals surface area contributed by atoms with Crippen LogP contribution in [0.25, 0.3) is 12.2 Å². The number of amides is 1. The highest BCUT2D eigenvalue weighted by Gasteiger charge is 2.14. The minimum absolute atomic E-state index is 0.151. The van der Waals surface area contributed by atoms with Crippen LogP contribution in [0.1, 0.15) is 18.2 Å². The minimum atomic E-state index is -0.532. The fourth-order valence-electron chi connectivity index (χ4n) is 1.66. The van der Waals surface area contributed by atoms with Crippen molar-refractivity contribution in [3.05, 3.63) is 58.0 Å². The Kier molecular flexibility index (Phi) is 3.95. The third kappa shape index (κ3) is 3.32. The molecule has 0 aliphatic carbocycles. The first-order chi connectivity index (χ1) is 9.56. The van der Waals surface area contributed by atoms with Crippen molar-refractivity contribution in [1.29, 1.82) is 0 Å². The molecule has 0 saturated carbocycles. The maximum atomic E-state index is 11.0. The van der Waals surface area contributed by atoms with Gasteiger partial charge in [-0.1, -0.05) is 12.1 Å². The highest BCUT2D eigenvalue weighted by molar-refractivity contribution is 5.91. The van der Waals surface area contributed by atoms with Gasteiger partial charge in [-0.15, -0.1) is 0 Å². The highest BCUT2D eigenvalue weighted by Crippen LogP contribution is 2.26. The summed E-state index contributed by atoms with van der Waals surface area (Å²) in [4.78, 5) is 21.5. The summed E-state index contributed by atoms with van der Waals surface area (Å²) in [6.07, 6.45) is 4.95. The standard InChI is InChI=1S/C14H12N2O4/c1-10(17)15-13-7-5-11(9-14(13)16(18)19)4-6-12-3-2-8-20-12/h2-9H,1H3,(H,15,17). The number of nitro benzene ring substituents is 1. The van der Waals surface area contributed by atoms with Gasteiger partial charge >= 0.3 is 0 Å². The topological polar surface area (TPSA) is 85.4 Å². The number of hydrogen-bond acceptors (Lipinski definition) is 4. The number of benzene rings is 1. The van der Waals surface area contributed by atoms with Gasteiger partial charge in [-0.25, -0.2) is 0 Å². The molecule has 2 aromatic rings. The van der Waals surface area contributed by atoms with Crippen LogP contribution in [0.15, 0.2) is 41.0 Å². The Morgan fingerprint density at radius 3 is 2.75 bits per heavy atom. The van der Waals surface area contributed by atoms with Crippen molar-refractivity contribution >= 4 is 29.4 Å². The summed E-state index contributed by atoms with van der Waals surface area (Å²) in [7, 11) is 0. The van der Waals surface area contributed by atoms with Gasteiger partial charge < -0.3 is 9.73 Å². The molecule has 1 amide bonds. The van der Waals surface area contributed by atoms with E-state index in [9.17, 15) is 14.9 Å². The quantitative estimate of drug-likeness (QED) is 0.683. The van der Waals surface area contributed by atoms with Gasteiger partial charge in [-0.3, -0.25) is 14.9 Å². The number of nitro groups is 1. The lowest BCUT2D eigenvalue weighted by atomic mass is 10.1. The van der Waals surface area contributed by atoms with Crippen molar-refractivity contribution in [2.24, 2.45) is 0 Å². The number of carbonyl (C=O) groups is 1. The molecule has 1 heterocycles. The average molecular weight is 272 g/mol. The first-order valence-corrected chi connectivity index (χ1v) is 5.84. The van der Waals surface area contributed by atoms with E-state index in [1.165, 1.54) is 19.1 Å². The summed E-state index contributed by atoms with van der Waals surface area (Å²) in [5.74, 6) is 0.297. The third-order valence-corrected chi connectivity index (χ3v) is 2.51. The molecule has 0 spiro atoms. The lowest BCUT2D eigenvalue weighted by molar-refractivity contribution is -0.383. The molecule has 0 aliphatic heterocycles. The molecule has 0 atom stereocenters. The van der Waals surface area contributed by atoms with Crippen molar-refractivity contribution in [2.45, 2.75) is 6.92 Å². The molecule has 6 nitrogen and oxygen atoms in total. The normalized spacial score (nSPS) is 10.7. The number of nitrogens with zero attached hydrogens (tertiary/aromatic N) is 1. The Hall–Kier alpha value is -2.89. The van der Waals surface area contributed by atoms with Crippen LogP contribution in [0, 0.1) is 10.1 Å². The van der Waals surface area contributed by atoms with Crippen LogP contribution in [-0.4, -0.2) is 10.8 Å². The van der Waals surface area contributed by atoms with E-state index in [0.29, 0.717) is 11.3 Å². The van der Waals surface area contributed by atoms with Crippen molar-refractivity contribution in [3.8, 4) is 0 Å². The summed E-state index contributed by atoms with van der Waals surface area (Å²) in [5, 5.41) is 13.4. The Labute approximate surface area is 114 Å². The predicted octanol–water partition coefficient (Wildman–Crippen LogP) is 3.32. The number of furan rings is 1. The molecule has 1 aromatic heterocycles. The smallest absolute Gasteiger partial charge is 0.293 e. The Morgan fingerprint density at radius 1 is 1.35 bits per heavy atom. The second-order valence-electron chi connectivity index (χ2n) is 4.06. The van der Waals surface area contributed by atoms with Gasteiger partial charge in [0.15, 0.2) is 0 Å². The van der Waals surface area contributed by atoms with Crippen molar-refractivity contribution in [1.82, 2.24) is 0 Å². The lowest BCUT2D eigenvalue weighted by Crippen LogP contribution is -2.08. The maximum Gasteiger partial charge on any atom is 0.293 e. The van der Waals surface area contributed by atoms with Crippen LogP contribution in [-0.2, 0) is 4.79 Å². The van der Waals surface area contributed by atoms with E-state index in [1.807, 2.05) is 0 Å². The number of hydrogen-bond donors (Lipinski definition) is 1. The molecule has 6 heteroatoms. The van der Waals surface area contributed by atoms with Gasteiger partial charge in [0.1, 0.15) is 11.4 Å². The molecule has 0 radical (unpaired) electrons. The molecule has 1 aromatic carbocycles. The fourth-order valence-corrected chi connectivity index (χ4v) is 1.66. The molecule has 0 unspecified atom stereocenters. The summed E-state index contributed by atoms with van der Waals surface area (Å²) in [5.41, 5.74) is 0.668. The monoisotopic (exact) mass is 272 g/mol. The zero-order chi connectivity index (χ0) is 14.5. The summed E-state index contributed by atoms with van der Waals surface area (Å²) < 4.78 is 5.13. The molecule has 0 aliphatic rings. The second kappa shape index (κ2) is 5.83. The van der Waals surface area contributed by atoms with Crippen molar-refractivity contribution < 1.29 is 14.1 Å². The van der Waals surface area contributed by atoms with Gasteiger partial charge in [-0.2, -0.15) is 0 Å². The van der Waals surface area contributed by atoms with E-state index in [-0.39, 0.29) is 17.3 Å². The van der Waals surface area contributed by atoms with E-state index in [0.717, 1.165) is 0 Å². The molecule has 20 heavy (non-hydrogen) atoms. The second-order valence-corrected chi connectivity index (χ2v) is 4.06. The number of anilines is 1. The van der Waals surface area contributed by atoms with Crippen LogP contribution >= 0.6 is 0 Å². The average Bonchev–Trinajstić information content (AvgIpc) is 2.89. The molecule has 2 rings (SSSR count). The largest absolute Gasteiger partial charge is 0.465 e. The molecule has 0 fully saturated rings. The van der Waals surface area contributed by atoms with Crippen LogP contribution in [0.5, 0.6) is 0 Å². The van der Waals surface area contributed by atoms with Gasteiger partial charge in [0.05, 0.1) is 11.2 Å². The van der Waals surface area contributed by atoms with Gasteiger partial charge in [-0.05, 0) is 29.8 Å². The van der Waals surface area contributed by atoms with Crippen molar-refractivity contribution in [2.75, 3.05) is 5.32 Å². The molecule has 0 saturated heterocycles. The third-order valence-electron chi connectivity index (χ3n) is 2.51. The Morgan fingerprint density at radius 2 is 2.15 bits per heavy atom. The summed E-state index contributed by atoms with van der Waals surface area (Å²) in [6.45, 7) is 1.30. The fraction of sp³-hybridized carbons (Fsp3) is 0.0714. The van der Waals surface area contributed by atoms with Crippen LogP contribution in [0.2, 0.25) is 0 Å². The minimum Gasteiger partial charge on any atom is -0.465 e. The molecule has 0 bridgehead atoms. The molecule has 102 valence electrons. The van der Waals surface area contributed by atoms with Crippen molar-refractivity contribution in [3.63, 3.8) is 0 Å². The lowest BCUT2D eigenvalue weighted by Gasteiger charge is -2.04. The SMILES string of the molecule is CC(=O)Nc1ccc(C=Cc2ccco2)cc1[N+](=O)[O-]. The predicted molar refractivity (Wildman–Crippen MR) is 75.0 cm³/mol. The van der Waals surface area contributed by atoms with E-state index < -0.39 is 4.92 Å². The molecular formula is C14H12N2O4. The number of carbonyl (C=O) groups excluding carboxylic acids is 1. The summed E-state index contributed by atoms with van der Waals surface area (Å²) >= 11 is 0. The Balaban J connectivity index is 2.30. The number of rotatable bonds is 4.